The van der Waals surface area contributed by atoms with Crippen molar-refractivity contribution in [3.63, 3.8) is 0 Å². The van der Waals surface area contributed by atoms with E-state index in [9.17, 15) is 29.1 Å². The Hall–Kier alpha value is -3.15. The van der Waals surface area contributed by atoms with E-state index in [1.165, 1.54) is 31.0 Å². The van der Waals surface area contributed by atoms with E-state index in [0.717, 1.165) is 7.11 Å². The van der Waals surface area contributed by atoms with Gasteiger partial charge in [0.25, 0.3) is 0 Å². The van der Waals surface area contributed by atoms with Crippen LogP contribution < -0.4 is 0 Å². The first-order valence-electron chi connectivity index (χ1n) is 11.1. The maximum Gasteiger partial charge on any atom is 0.410 e. The summed E-state index contributed by atoms with van der Waals surface area (Å²) in [6.07, 6.45) is -2.30. The number of ketones is 1. The number of hydrogen-bond acceptors (Lipinski definition) is 10. The van der Waals surface area contributed by atoms with Gasteiger partial charge in [-0.3, -0.25) is 4.79 Å². The second-order valence-corrected chi connectivity index (χ2v) is 10.0. The van der Waals surface area contributed by atoms with Gasteiger partial charge in [-0.15, -0.1) is 0 Å². The van der Waals surface area contributed by atoms with Gasteiger partial charge in [0.2, 0.25) is 5.78 Å². The van der Waals surface area contributed by atoms with Crippen molar-refractivity contribution >= 4 is 29.9 Å². The molecular weight excluding hydrogens is 488 g/mol. The number of Topliss-reactive ketones (excluding diaryl/α,β-unsaturated/α-hetero) is 1. The van der Waals surface area contributed by atoms with Crippen LogP contribution in [0.15, 0.2) is 12.2 Å². The summed E-state index contributed by atoms with van der Waals surface area (Å²) in [5.74, 6) is -2.90. The summed E-state index contributed by atoms with van der Waals surface area (Å²) < 4.78 is 19.0. The van der Waals surface area contributed by atoms with E-state index in [1.54, 1.807) is 48.5 Å². The molecule has 2 amide bonds. The SMILES string of the molecule is C.C=C(C(=O)OC)C(O)CN(C)C(=O)OC(C)(C)C.COC(=O)C(=O)C(C)CN(C)C(=O)OC(C)(C)C. The molecule has 216 valence electrons. The Labute approximate surface area is 220 Å². The zero-order chi connectivity index (χ0) is 29.0. The number of aliphatic hydroxyl groups is 1. The second kappa shape index (κ2) is 16.6. The van der Waals surface area contributed by atoms with Gasteiger partial charge < -0.3 is 33.9 Å². The van der Waals surface area contributed by atoms with Crippen molar-refractivity contribution < 1.29 is 48.0 Å². The largest absolute Gasteiger partial charge is 0.466 e. The number of ether oxygens (including phenoxy) is 4. The van der Waals surface area contributed by atoms with Crippen molar-refractivity contribution in [2.45, 2.75) is 73.2 Å². The molecule has 0 radical (unpaired) electrons. The molecular formula is C25H46N2O10. The summed E-state index contributed by atoms with van der Waals surface area (Å²) in [5, 5.41) is 9.69. The molecule has 0 aliphatic carbocycles. The predicted molar refractivity (Wildman–Crippen MR) is 138 cm³/mol. The Morgan fingerprint density at radius 3 is 1.46 bits per heavy atom. The van der Waals surface area contributed by atoms with Gasteiger partial charge in [-0.25, -0.2) is 19.2 Å². The molecule has 0 saturated heterocycles. The fraction of sp³-hybridized carbons (Fsp3) is 0.720. The van der Waals surface area contributed by atoms with Crippen LogP contribution in [0.5, 0.6) is 0 Å². The van der Waals surface area contributed by atoms with Crippen LogP contribution in [-0.4, -0.2) is 104 Å². The monoisotopic (exact) mass is 534 g/mol. The minimum Gasteiger partial charge on any atom is -0.466 e. The summed E-state index contributed by atoms with van der Waals surface area (Å²) >= 11 is 0. The molecule has 2 unspecified atom stereocenters. The summed E-state index contributed by atoms with van der Waals surface area (Å²) in [6.45, 7) is 15.4. The van der Waals surface area contributed by atoms with Crippen LogP contribution >= 0.6 is 0 Å². The Bertz CT molecular complexity index is 730. The quantitative estimate of drug-likeness (QED) is 0.213. The third kappa shape index (κ3) is 17.0. The highest BCUT2D eigenvalue weighted by Gasteiger charge is 2.27. The molecule has 2 atom stereocenters. The molecule has 0 saturated carbocycles. The van der Waals surface area contributed by atoms with Gasteiger partial charge >= 0.3 is 24.1 Å². The van der Waals surface area contributed by atoms with Gasteiger partial charge in [-0.05, 0) is 41.5 Å². The van der Waals surface area contributed by atoms with Crippen LogP contribution in [0, 0.1) is 5.92 Å². The minimum absolute atomic E-state index is 0. The second-order valence-electron chi connectivity index (χ2n) is 10.0. The molecule has 12 nitrogen and oxygen atoms in total. The van der Waals surface area contributed by atoms with Crippen LogP contribution in [0.2, 0.25) is 0 Å². The molecule has 0 aromatic heterocycles. The average Bonchev–Trinajstić information content (AvgIpc) is 2.74. The fourth-order valence-corrected chi connectivity index (χ4v) is 2.26. The molecule has 0 aromatic carbocycles. The van der Waals surface area contributed by atoms with Gasteiger partial charge in [0.1, 0.15) is 17.3 Å². The number of carbonyl (C=O) groups is 5. The minimum atomic E-state index is -1.19. The van der Waals surface area contributed by atoms with Gasteiger partial charge in [0.05, 0.1) is 26.3 Å². The van der Waals surface area contributed by atoms with Gasteiger partial charge in [0, 0.05) is 26.6 Å². The van der Waals surface area contributed by atoms with Crippen LogP contribution in [0.3, 0.4) is 0 Å². The molecule has 0 aromatic rings. The molecule has 0 rings (SSSR count). The molecule has 0 spiro atoms. The van der Waals surface area contributed by atoms with E-state index in [2.05, 4.69) is 16.1 Å². The summed E-state index contributed by atoms with van der Waals surface area (Å²) in [4.78, 5) is 59.3. The standard InChI is InChI=1S/2C12H21NO5.CH4/c1-8(10(15)17-6)9(14)7-13(5)11(16)18-12(2,3)4;1-8(9(14)10(15)17-6)7-13(5)11(16)18-12(2,3)4;/h9,14H,1,7H2,2-6H3;8H,7H2,1-6H3;1H4. The highest BCUT2D eigenvalue weighted by atomic mass is 16.6. The molecule has 12 heteroatoms. The normalized spacial score (nSPS) is 12.2. The maximum absolute atomic E-state index is 11.6. The summed E-state index contributed by atoms with van der Waals surface area (Å²) in [6, 6.07) is 0. The number of hydrogen-bond donors (Lipinski definition) is 1. The Morgan fingerprint density at radius 1 is 0.784 bits per heavy atom. The highest BCUT2D eigenvalue weighted by molar-refractivity contribution is 6.34. The van der Waals surface area contributed by atoms with Crippen molar-refractivity contribution in [3.05, 3.63) is 12.2 Å². The van der Waals surface area contributed by atoms with E-state index in [1.807, 2.05) is 0 Å². The van der Waals surface area contributed by atoms with E-state index in [-0.39, 0.29) is 26.1 Å². The van der Waals surface area contributed by atoms with Crippen LogP contribution in [0.1, 0.15) is 55.9 Å². The predicted octanol–water partition coefficient (Wildman–Crippen LogP) is 2.81. The van der Waals surface area contributed by atoms with Crippen LogP contribution in [0.4, 0.5) is 9.59 Å². The van der Waals surface area contributed by atoms with Crippen LogP contribution in [-0.2, 0) is 33.3 Å². The lowest BCUT2D eigenvalue weighted by molar-refractivity contribution is -0.153. The number of likely N-dealkylation sites (N-methyl/N-ethyl adjacent to an activating group) is 1. The zero-order valence-electron chi connectivity index (χ0n) is 23.3. The number of nitrogens with zero attached hydrogens (tertiary/aromatic N) is 2. The maximum atomic E-state index is 11.6. The molecule has 1 N–H and O–H groups in total. The molecule has 0 bridgehead atoms. The van der Waals surface area contributed by atoms with Crippen molar-refractivity contribution in [3.8, 4) is 0 Å². The molecule has 37 heavy (non-hydrogen) atoms. The molecule has 0 heterocycles. The lowest BCUT2D eigenvalue weighted by Crippen LogP contribution is -2.39. The highest BCUT2D eigenvalue weighted by Crippen LogP contribution is 2.12. The number of esters is 2. The molecule has 0 aliphatic heterocycles. The van der Waals surface area contributed by atoms with Crippen molar-refractivity contribution in [1.29, 1.82) is 0 Å². The third-order valence-corrected chi connectivity index (χ3v) is 4.09. The number of amides is 2. The number of rotatable bonds is 8. The zero-order valence-corrected chi connectivity index (χ0v) is 23.3. The first kappa shape index (κ1) is 38.4. The lowest BCUT2D eigenvalue weighted by atomic mass is 10.1. The smallest absolute Gasteiger partial charge is 0.410 e. The lowest BCUT2D eigenvalue weighted by Gasteiger charge is -2.26. The Kier molecular flexibility index (Phi) is 17.2. The van der Waals surface area contributed by atoms with Gasteiger partial charge in [0.15, 0.2) is 0 Å². The van der Waals surface area contributed by atoms with E-state index in [0.29, 0.717) is 0 Å². The van der Waals surface area contributed by atoms with E-state index in [4.69, 9.17) is 9.47 Å². The number of carbonyl (C=O) groups excluding carboxylic acids is 5. The van der Waals surface area contributed by atoms with E-state index < -0.39 is 53.1 Å². The van der Waals surface area contributed by atoms with Crippen molar-refractivity contribution in [2.24, 2.45) is 5.92 Å². The van der Waals surface area contributed by atoms with Gasteiger partial charge in [-0.1, -0.05) is 20.9 Å². The number of methoxy groups -OCH3 is 2. The number of aliphatic hydroxyl groups excluding tert-OH is 1. The third-order valence-electron chi connectivity index (χ3n) is 4.09. The molecule has 0 aliphatic rings. The van der Waals surface area contributed by atoms with E-state index >= 15 is 0 Å². The average molecular weight is 535 g/mol. The first-order valence-corrected chi connectivity index (χ1v) is 11.1. The summed E-state index contributed by atoms with van der Waals surface area (Å²) in [5.41, 5.74) is -1.32. The van der Waals surface area contributed by atoms with Crippen molar-refractivity contribution in [2.75, 3.05) is 41.4 Å². The Balaban J connectivity index is -0.000000608. The van der Waals surface area contributed by atoms with Crippen LogP contribution in [0.25, 0.3) is 0 Å². The van der Waals surface area contributed by atoms with Crippen molar-refractivity contribution in [1.82, 2.24) is 9.80 Å². The Morgan fingerprint density at radius 2 is 1.14 bits per heavy atom. The summed E-state index contributed by atoms with van der Waals surface area (Å²) in [7, 11) is 5.30. The fourth-order valence-electron chi connectivity index (χ4n) is 2.26. The topological polar surface area (TPSA) is 149 Å². The molecule has 0 fully saturated rings. The first-order chi connectivity index (χ1) is 16.2. The van der Waals surface area contributed by atoms with Gasteiger partial charge in [-0.2, -0.15) is 0 Å².